The van der Waals surface area contributed by atoms with E-state index in [-0.39, 0.29) is 12.2 Å². The van der Waals surface area contributed by atoms with Crippen molar-refractivity contribution in [2.45, 2.75) is 128 Å². The molecule has 3 nitrogen and oxygen atoms in total. The van der Waals surface area contributed by atoms with Crippen LogP contribution >= 0.6 is 0 Å². The summed E-state index contributed by atoms with van der Waals surface area (Å²) in [5, 5.41) is 0. The van der Waals surface area contributed by atoms with E-state index in [2.05, 4.69) is 119 Å². The first kappa shape index (κ1) is 40.5. The maximum absolute atomic E-state index is 6.17. The van der Waals surface area contributed by atoms with Crippen LogP contribution in [0.5, 0.6) is 0 Å². The highest BCUT2D eigenvalue weighted by Gasteiger charge is 2.15. The Morgan fingerprint density at radius 2 is 1.44 bits per heavy atom. The second kappa shape index (κ2) is 22.1. The summed E-state index contributed by atoms with van der Waals surface area (Å²) in [6.45, 7) is 28.2. The topological polar surface area (TPSA) is 44.5 Å². The Kier molecular flexibility index (Phi) is 20.8. The van der Waals surface area contributed by atoms with Gasteiger partial charge in [0.05, 0.1) is 18.0 Å². The van der Waals surface area contributed by atoms with Crippen LogP contribution in [0.3, 0.4) is 0 Å². The van der Waals surface area contributed by atoms with Crippen molar-refractivity contribution in [2.75, 3.05) is 12.8 Å². The number of rotatable bonds is 14. The molecule has 0 spiro atoms. The number of anilines is 1. The number of hydrogen-bond donors (Lipinski definition) is 1. The maximum Gasteiger partial charge on any atom is 0.0977 e. The summed E-state index contributed by atoms with van der Waals surface area (Å²) in [4.78, 5) is 0. The predicted octanol–water partition coefficient (Wildman–Crippen LogP) is 11.4. The van der Waals surface area contributed by atoms with E-state index in [1.807, 2.05) is 26.0 Å². The van der Waals surface area contributed by atoms with Crippen LogP contribution in [0.2, 0.25) is 0 Å². The standard InChI is InChI=1S/C21H27N.C17H34O2.C2H6/c1-15(2)11-19-8-6-10-21(22)20(19)9-5-7-18-13-16(3)12-17(4)14-18;1-12(2)9-16(18-8)11-17(10-13(3)4)19-15(7)14(5)6;1-2/h5-6,8-10,12-15H,7,11,22H2,1-4H3;11-16H,9-10H2,1-8H3;1-2H3/b9-5-;17-11-;/t;15-,16?;/m.0./s1. The van der Waals surface area contributed by atoms with Gasteiger partial charge in [-0.1, -0.05) is 123 Å². The number of benzene rings is 2. The van der Waals surface area contributed by atoms with Gasteiger partial charge in [-0.15, -0.1) is 0 Å². The van der Waals surface area contributed by atoms with Gasteiger partial charge in [0.1, 0.15) is 0 Å². The van der Waals surface area contributed by atoms with E-state index < -0.39 is 0 Å². The first-order valence-corrected chi connectivity index (χ1v) is 16.7. The number of nitrogens with two attached hydrogens (primary N) is 1. The third-order valence-electron chi connectivity index (χ3n) is 7.04. The summed E-state index contributed by atoms with van der Waals surface area (Å²) >= 11 is 0. The molecule has 2 N–H and O–H groups in total. The van der Waals surface area contributed by atoms with Crippen LogP contribution in [0.15, 0.2) is 54.3 Å². The fourth-order valence-corrected chi connectivity index (χ4v) is 4.79. The molecule has 2 aromatic carbocycles. The summed E-state index contributed by atoms with van der Waals surface area (Å²) in [6.07, 6.45) is 11.0. The molecule has 1 unspecified atom stereocenters. The minimum Gasteiger partial charge on any atom is -0.495 e. The second-order valence-corrected chi connectivity index (χ2v) is 13.3. The molecular weight excluding hydrogens is 526 g/mol. The SMILES string of the molecule is CC.COC(/C=C(/CC(C)C)O[C@@H](C)C(C)C)CC(C)C.Cc1cc(C)cc(C/C=C\c2c(N)cccc2CC(C)C)c1. The summed E-state index contributed by atoms with van der Waals surface area (Å²) in [6, 6.07) is 12.9. The Balaban J connectivity index is 0.000000785. The van der Waals surface area contributed by atoms with Crippen LogP contribution in [-0.4, -0.2) is 19.3 Å². The van der Waals surface area contributed by atoms with Gasteiger partial charge in [0, 0.05) is 24.8 Å². The summed E-state index contributed by atoms with van der Waals surface area (Å²) < 4.78 is 11.7. The highest BCUT2D eigenvalue weighted by molar-refractivity contribution is 5.68. The first-order chi connectivity index (χ1) is 20.2. The van der Waals surface area contributed by atoms with Crippen molar-refractivity contribution in [2.24, 2.45) is 23.7 Å². The van der Waals surface area contributed by atoms with E-state index in [4.69, 9.17) is 15.2 Å². The van der Waals surface area contributed by atoms with Gasteiger partial charge in [-0.05, 0) is 87.0 Å². The lowest BCUT2D eigenvalue weighted by molar-refractivity contribution is 0.0717. The number of methoxy groups -OCH3 is 1. The van der Waals surface area contributed by atoms with E-state index in [1.54, 1.807) is 7.11 Å². The Bertz CT molecular complexity index is 1060. The number of ether oxygens (including phenoxy) is 2. The van der Waals surface area contributed by atoms with Crippen molar-refractivity contribution >= 4 is 11.8 Å². The van der Waals surface area contributed by atoms with E-state index in [1.165, 1.54) is 27.8 Å². The van der Waals surface area contributed by atoms with Crippen molar-refractivity contribution < 1.29 is 9.47 Å². The lowest BCUT2D eigenvalue weighted by Crippen LogP contribution is -2.18. The monoisotopic (exact) mass is 594 g/mol. The van der Waals surface area contributed by atoms with E-state index in [0.717, 1.165) is 37.1 Å². The van der Waals surface area contributed by atoms with Crippen LogP contribution in [-0.2, 0) is 22.3 Å². The highest BCUT2D eigenvalue weighted by atomic mass is 16.5. The summed E-state index contributed by atoms with van der Waals surface area (Å²) in [5.41, 5.74) is 13.6. The van der Waals surface area contributed by atoms with E-state index >= 15 is 0 Å². The van der Waals surface area contributed by atoms with Crippen molar-refractivity contribution in [3.05, 3.63) is 82.1 Å². The van der Waals surface area contributed by atoms with Crippen LogP contribution in [0.1, 0.15) is 117 Å². The molecule has 2 atom stereocenters. The molecular formula is C40H67NO2. The molecule has 0 aromatic heterocycles. The van der Waals surface area contributed by atoms with Gasteiger partial charge in [0.25, 0.3) is 0 Å². The second-order valence-electron chi connectivity index (χ2n) is 13.3. The fraction of sp³-hybridized carbons (Fsp3) is 0.600. The van der Waals surface area contributed by atoms with Gasteiger partial charge in [0.15, 0.2) is 0 Å². The van der Waals surface area contributed by atoms with Gasteiger partial charge in [-0.25, -0.2) is 0 Å². The largest absolute Gasteiger partial charge is 0.495 e. The smallest absolute Gasteiger partial charge is 0.0977 e. The molecule has 0 heterocycles. The fourth-order valence-electron chi connectivity index (χ4n) is 4.79. The predicted molar refractivity (Wildman–Crippen MR) is 193 cm³/mol. The number of aryl methyl sites for hydroxylation is 2. The molecule has 0 aliphatic rings. The molecule has 244 valence electrons. The average Bonchev–Trinajstić information content (AvgIpc) is 2.89. The van der Waals surface area contributed by atoms with Crippen LogP contribution in [0.25, 0.3) is 6.08 Å². The number of hydrogen-bond acceptors (Lipinski definition) is 3. The van der Waals surface area contributed by atoms with E-state index in [0.29, 0.717) is 23.7 Å². The van der Waals surface area contributed by atoms with Crippen LogP contribution in [0.4, 0.5) is 5.69 Å². The highest BCUT2D eigenvalue weighted by Crippen LogP contribution is 2.23. The van der Waals surface area contributed by atoms with Gasteiger partial charge in [0.2, 0.25) is 0 Å². The molecule has 0 aliphatic carbocycles. The van der Waals surface area contributed by atoms with Crippen molar-refractivity contribution in [3.63, 3.8) is 0 Å². The molecule has 0 saturated heterocycles. The van der Waals surface area contributed by atoms with Crippen molar-refractivity contribution in [3.8, 4) is 0 Å². The minimum absolute atomic E-state index is 0.160. The van der Waals surface area contributed by atoms with Crippen molar-refractivity contribution in [1.82, 2.24) is 0 Å². The van der Waals surface area contributed by atoms with Crippen LogP contribution in [0, 0.1) is 37.5 Å². The zero-order chi connectivity index (χ0) is 33.1. The van der Waals surface area contributed by atoms with Gasteiger partial charge < -0.3 is 15.2 Å². The first-order valence-electron chi connectivity index (χ1n) is 16.7. The molecule has 43 heavy (non-hydrogen) atoms. The number of allylic oxidation sites excluding steroid dienone is 2. The molecule has 0 fully saturated rings. The molecule has 0 amide bonds. The Labute approximate surface area is 267 Å². The Morgan fingerprint density at radius 3 is 1.93 bits per heavy atom. The molecule has 2 rings (SSSR count). The lowest BCUT2D eigenvalue weighted by Gasteiger charge is -2.23. The molecule has 0 radical (unpaired) electrons. The van der Waals surface area contributed by atoms with Crippen LogP contribution < -0.4 is 5.73 Å². The zero-order valence-corrected chi connectivity index (χ0v) is 30.4. The molecule has 0 aliphatic heterocycles. The third kappa shape index (κ3) is 18.0. The minimum atomic E-state index is 0.160. The average molecular weight is 594 g/mol. The van der Waals surface area contributed by atoms with E-state index in [9.17, 15) is 0 Å². The third-order valence-corrected chi connectivity index (χ3v) is 7.04. The van der Waals surface area contributed by atoms with Gasteiger partial charge in [-0.3, -0.25) is 0 Å². The molecule has 0 bridgehead atoms. The Hall–Kier alpha value is -2.52. The van der Waals surface area contributed by atoms with Gasteiger partial charge in [-0.2, -0.15) is 0 Å². The molecule has 0 saturated carbocycles. The lowest BCUT2D eigenvalue weighted by atomic mass is 9.96. The zero-order valence-electron chi connectivity index (χ0n) is 30.4. The maximum atomic E-state index is 6.17. The van der Waals surface area contributed by atoms with Crippen molar-refractivity contribution in [1.29, 1.82) is 0 Å². The summed E-state index contributed by atoms with van der Waals surface area (Å²) in [7, 11) is 1.78. The Morgan fingerprint density at radius 1 is 0.837 bits per heavy atom. The molecule has 2 aromatic rings. The normalized spacial score (nSPS) is 13.2. The number of nitrogen functional groups attached to an aromatic ring is 1. The molecule has 3 heteroatoms. The quantitative estimate of drug-likeness (QED) is 0.175. The van der Waals surface area contributed by atoms with Gasteiger partial charge >= 0.3 is 0 Å². The summed E-state index contributed by atoms with van der Waals surface area (Å²) in [5.74, 6) is 3.48.